The second kappa shape index (κ2) is 6.85. The number of benzene rings is 2. The third kappa shape index (κ3) is 3.34. The number of aryl methyl sites for hydroxylation is 1. The van der Waals surface area contributed by atoms with E-state index in [1.807, 2.05) is 0 Å². The maximum atomic E-state index is 9.64. The number of allylic oxidation sites excluding steroid dienone is 2. The molecule has 0 bridgehead atoms. The average Bonchev–Trinajstić information content (AvgIpc) is 2.60. The fraction of sp³-hybridized carbons (Fsp3) is 0.520. The van der Waals surface area contributed by atoms with E-state index in [0.29, 0.717) is 17.9 Å². The fourth-order valence-corrected chi connectivity index (χ4v) is 5.55. The van der Waals surface area contributed by atoms with E-state index in [2.05, 4.69) is 57.2 Å². The van der Waals surface area contributed by atoms with E-state index in [9.17, 15) is 5.11 Å². The molecule has 0 heterocycles. The SMILES string of the molecule is CC(C)(C)CC1CC2=C(CCc3c2ccc2ccccc32)[C@H](CCO)C1. The van der Waals surface area contributed by atoms with Crippen LogP contribution in [0, 0.1) is 17.3 Å². The van der Waals surface area contributed by atoms with Gasteiger partial charge in [0.25, 0.3) is 0 Å². The zero-order valence-corrected chi connectivity index (χ0v) is 16.5. The van der Waals surface area contributed by atoms with Crippen LogP contribution < -0.4 is 0 Å². The molecule has 0 saturated heterocycles. The Bertz CT molecular complexity index is 837. The van der Waals surface area contributed by atoms with Gasteiger partial charge in [-0.25, -0.2) is 0 Å². The van der Waals surface area contributed by atoms with Crippen LogP contribution in [0.1, 0.15) is 64.0 Å². The minimum Gasteiger partial charge on any atom is -0.396 e. The van der Waals surface area contributed by atoms with Crippen LogP contribution in [0.2, 0.25) is 0 Å². The highest BCUT2D eigenvalue weighted by atomic mass is 16.3. The molecule has 0 saturated carbocycles. The van der Waals surface area contributed by atoms with E-state index < -0.39 is 0 Å². The van der Waals surface area contributed by atoms with Gasteiger partial charge < -0.3 is 5.11 Å². The molecule has 1 heteroatoms. The van der Waals surface area contributed by atoms with Crippen molar-refractivity contribution in [3.05, 3.63) is 53.1 Å². The van der Waals surface area contributed by atoms with Gasteiger partial charge in [-0.3, -0.25) is 0 Å². The first-order valence-electron chi connectivity index (χ1n) is 10.3. The van der Waals surface area contributed by atoms with Crippen molar-refractivity contribution in [2.45, 2.75) is 59.3 Å². The van der Waals surface area contributed by atoms with Crippen molar-refractivity contribution in [3.63, 3.8) is 0 Å². The zero-order valence-electron chi connectivity index (χ0n) is 16.5. The molecule has 1 N–H and O–H groups in total. The van der Waals surface area contributed by atoms with Gasteiger partial charge in [0.05, 0.1) is 0 Å². The predicted molar refractivity (Wildman–Crippen MR) is 111 cm³/mol. The van der Waals surface area contributed by atoms with E-state index >= 15 is 0 Å². The molecule has 0 amide bonds. The summed E-state index contributed by atoms with van der Waals surface area (Å²) >= 11 is 0. The molecule has 0 aliphatic heterocycles. The van der Waals surface area contributed by atoms with Gasteiger partial charge in [-0.1, -0.05) is 62.7 Å². The van der Waals surface area contributed by atoms with Gasteiger partial charge in [0.15, 0.2) is 0 Å². The third-order valence-corrected chi connectivity index (χ3v) is 6.38. The summed E-state index contributed by atoms with van der Waals surface area (Å²) in [4.78, 5) is 0. The minimum absolute atomic E-state index is 0.314. The molecule has 0 radical (unpaired) electrons. The lowest BCUT2D eigenvalue weighted by Gasteiger charge is -2.39. The number of hydrogen-bond acceptors (Lipinski definition) is 1. The number of aliphatic hydroxyl groups is 1. The van der Waals surface area contributed by atoms with Crippen molar-refractivity contribution in [1.82, 2.24) is 0 Å². The first-order chi connectivity index (χ1) is 12.5. The van der Waals surface area contributed by atoms with Gasteiger partial charge in [0.1, 0.15) is 0 Å². The lowest BCUT2D eigenvalue weighted by atomic mass is 9.66. The van der Waals surface area contributed by atoms with Crippen molar-refractivity contribution < 1.29 is 5.11 Å². The maximum Gasteiger partial charge on any atom is 0.0436 e. The predicted octanol–water partition coefficient (Wildman–Crippen LogP) is 6.38. The Morgan fingerprint density at radius 2 is 1.85 bits per heavy atom. The number of rotatable bonds is 3. The Kier molecular flexibility index (Phi) is 4.69. The highest BCUT2D eigenvalue weighted by Gasteiger charge is 2.34. The van der Waals surface area contributed by atoms with Gasteiger partial charge in [0, 0.05) is 6.61 Å². The molecule has 4 rings (SSSR count). The van der Waals surface area contributed by atoms with Gasteiger partial charge in [0.2, 0.25) is 0 Å². The molecule has 0 aromatic heterocycles. The molecule has 1 unspecified atom stereocenters. The van der Waals surface area contributed by atoms with E-state index in [4.69, 9.17) is 0 Å². The van der Waals surface area contributed by atoms with Crippen LogP contribution in [-0.2, 0) is 6.42 Å². The summed E-state index contributed by atoms with van der Waals surface area (Å²) in [5.74, 6) is 1.32. The second-order valence-corrected chi connectivity index (χ2v) is 9.60. The number of aliphatic hydroxyl groups excluding tert-OH is 1. The quantitative estimate of drug-likeness (QED) is 0.682. The summed E-state index contributed by atoms with van der Waals surface area (Å²) in [5.41, 5.74) is 6.71. The third-order valence-electron chi connectivity index (χ3n) is 6.38. The molecule has 2 aliphatic rings. The van der Waals surface area contributed by atoms with E-state index in [0.717, 1.165) is 18.8 Å². The van der Waals surface area contributed by atoms with Gasteiger partial charge in [-0.15, -0.1) is 0 Å². The van der Waals surface area contributed by atoms with Crippen molar-refractivity contribution >= 4 is 16.3 Å². The minimum atomic E-state index is 0.314. The Labute approximate surface area is 158 Å². The molecule has 2 aromatic carbocycles. The summed E-state index contributed by atoms with van der Waals surface area (Å²) in [6.45, 7) is 7.40. The van der Waals surface area contributed by atoms with Crippen LogP contribution in [0.4, 0.5) is 0 Å². The highest BCUT2D eigenvalue weighted by Crippen LogP contribution is 2.49. The highest BCUT2D eigenvalue weighted by molar-refractivity contribution is 5.92. The van der Waals surface area contributed by atoms with Crippen molar-refractivity contribution in [3.8, 4) is 0 Å². The molecule has 2 atom stereocenters. The summed E-state index contributed by atoms with van der Waals surface area (Å²) < 4.78 is 0. The molecule has 26 heavy (non-hydrogen) atoms. The smallest absolute Gasteiger partial charge is 0.0436 e. The van der Waals surface area contributed by atoms with Crippen LogP contribution in [0.15, 0.2) is 42.0 Å². The monoisotopic (exact) mass is 348 g/mol. The molecule has 2 aliphatic carbocycles. The topological polar surface area (TPSA) is 20.2 Å². The molecule has 1 nitrogen and oxygen atoms in total. The Hall–Kier alpha value is -1.60. The van der Waals surface area contributed by atoms with Crippen LogP contribution in [0.5, 0.6) is 0 Å². The number of hydrogen-bond donors (Lipinski definition) is 1. The van der Waals surface area contributed by atoms with E-state index in [1.165, 1.54) is 42.0 Å². The lowest BCUT2D eigenvalue weighted by molar-refractivity contribution is 0.219. The van der Waals surface area contributed by atoms with Crippen LogP contribution in [-0.4, -0.2) is 11.7 Å². The first-order valence-corrected chi connectivity index (χ1v) is 10.3. The summed E-state index contributed by atoms with van der Waals surface area (Å²) in [7, 11) is 0. The van der Waals surface area contributed by atoms with Crippen LogP contribution in [0.3, 0.4) is 0 Å². The van der Waals surface area contributed by atoms with Crippen LogP contribution in [0.25, 0.3) is 16.3 Å². The van der Waals surface area contributed by atoms with Gasteiger partial charge in [-0.05, 0) is 83.2 Å². The largest absolute Gasteiger partial charge is 0.396 e. The normalized spacial score (nSPS) is 23.1. The van der Waals surface area contributed by atoms with Crippen molar-refractivity contribution in [2.24, 2.45) is 17.3 Å². The number of fused-ring (bicyclic) bond motifs is 4. The van der Waals surface area contributed by atoms with Crippen molar-refractivity contribution in [1.29, 1.82) is 0 Å². The standard InChI is InChI=1S/C25H32O/c1-25(2,3)16-17-14-19(12-13-26)21-10-11-22-20-7-5-4-6-18(20)8-9-23(22)24(21)15-17/h4-9,17,19,26H,10-16H2,1-3H3/t17?,19-/m1/s1. The Balaban J connectivity index is 1.78. The molecule has 0 spiro atoms. The molecule has 2 aromatic rings. The zero-order chi connectivity index (χ0) is 18.3. The Morgan fingerprint density at radius 3 is 2.62 bits per heavy atom. The van der Waals surface area contributed by atoms with Gasteiger partial charge in [-0.2, -0.15) is 0 Å². The Morgan fingerprint density at radius 1 is 1.04 bits per heavy atom. The summed E-state index contributed by atoms with van der Waals surface area (Å²) in [5, 5.41) is 12.4. The lowest BCUT2D eigenvalue weighted by Crippen LogP contribution is -2.26. The van der Waals surface area contributed by atoms with Crippen molar-refractivity contribution in [2.75, 3.05) is 6.61 Å². The van der Waals surface area contributed by atoms with E-state index in [-0.39, 0.29) is 0 Å². The average molecular weight is 349 g/mol. The molecule has 138 valence electrons. The molecular weight excluding hydrogens is 316 g/mol. The fourth-order valence-electron chi connectivity index (χ4n) is 5.55. The first kappa shape index (κ1) is 17.8. The van der Waals surface area contributed by atoms with Crippen LogP contribution >= 0.6 is 0 Å². The van der Waals surface area contributed by atoms with Gasteiger partial charge >= 0.3 is 0 Å². The molecular formula is C25H32O. The summed E-state index contributed by atoms with van der Waals surface area (Å²) in [6, 6.07) is 13.5. The molecule has 0 fully saturated rings. The summed E-state index contributed by atoms with van der Waals surface area (Å²) in [6.07, 6.45) is 7.03. The second-order valence-electron chi connectivity index (χ2n) is 9.60. The van der Waals surface area contributed by atoms with E-state index in [1.54, 1.807) is 16.7 Å². The maximum absolute atomic E-state index is 9.64.